The van der Waals surface area contributed by atoms with Crippen molar-refractivity contribution in [2.45, 2.75) is 31.5 Å². The number of rotatable bonds is 1. The molecule has 0 saturated heterocycles. The van der Waals surface area contributed by atoms with Gasteiger partial charge < -0.3 is 15.3 Å². The second-order valence-electron chi connectivity index (χ2n) is 3.42. The molecule has 0 amide bonds. The summed E-state index contributed by atoms with van der Waals surface area (Å²) in [6.07, 6.45) is 0.364. The first-order valence-electron chi connectivity index (χ1n) is 3.56. The van der Waals surface area contributed by atoms with Crippen molar-refractivity contribution in [1.82, 2.24) is 0 Å². The van der Waals surface area contributed by atoms with E-state index in [0.717, 1.165) is 0 Å². The molecular formula is C7H14O3. The molecule has 0 heterocycles. The maximum absolute atomic E-state index is 9.40. The zero-order valence-electron chi connectivity index (χ0n) is 6.12. The maximum Gasteiger partial charge on any atom is 0.0649 e. The minimum atomic E-state index is -0.771. The normalized spacial score (nSPS) is 48.0. The van der Waals surface area contributed by atoms with Crippen molar-refractivity contribution in [3.63, 3.8) is 0 Å². The molecule has 1 rings (SSSR count). The first kappa shape index (κ1) is 7.98. The van der Waals surface area contributed by atoms with Crippen LogP contribution in [0.1, 0.15) is 19.8 Å². The van der Waals surface area contributed by atoms with Gasteiger partial charge in [0.25, 0.3) is 0 Å². The van der Waals surface area contributed by atoms with Crippen LogP contribution in [0.3, 0.4) is 0 Å². The van der Waals surface area contributed by atoms with Crippen molar-refractivity contribution in [2.24, 2.45) is 5.92 Å². The Bertz CT molecular complexity index is 122. The van der Waals surface area contributed by atoms with E-state index in [1.807, 2.05) is 0 Å². The van der Waals surface area contributed by atoms with Gasteiger partial charge in [0.1, 0.15) is 0 Å². The maximum atomic E-state index is 9.40. The molecule has 0 aliphatic heterocycles. The van der Waals surface area contributed by atoms with E-state index in [1.165, 1.54) is 0 Å². The third-order valence-electron chi connectivity index (χ3n) is 2.13. The number of hydrogen-bond donors (Lipinski definition) is 3. The van der Waals surface area contributed by atoms with Crippen molar-refractivity contribution >= 4 is 0 Å². The molecule has 3 unspecified atom stereocenters. The molecule has 1 aliphatic rings. The topological polar surface area (TPSA) is 60.7 Å². The van der Waals surface area contributed by atoms with Crippen molar-refractivity contribution in [2.75, 3.05) is 6.61 Å². The molecule has 0 bridgehead atoms. The van der Waals surface area contributed by atoms with Crippen LogP contribution in [0.15, 0.2) is 0 Å². The molecule has 3 atom stereocenters. The Morgan fingerprint density at radius 3 is 2.30 bits per heavy atom. The summed E-state index contributed by atoms with van der Waals surface area (Å²) in [6, 6.07) is 0. The molecule has 60 valence electrons. The van der Waals surface area contributed by atoms with Crippen LogP contribution in [-0.2, 0) is 0 Å². The molecule has 1 aliphatic carbocycles. The van der Waals surface area contributed by atoms with E-state index in [1.54, 1.807) is 6.92 Å². The van der Waals surface area contributed by atoms with Crippen molar-refractivity contribution in [3.8, 4) is 0 Å². The molecule has 0 spiro atoms. The summed E-state index contributed by atoms with van der Waals surface area (Å²) >= 11 is 0. The Hall–Kier alpha value is -0.120. The lowest BCUT2D eigenvalue weighted by Crippen LogP contribution is -2.19. The van der Waals surface area contributed by atoms with E-state index < -0.39 is 11.7 Å². The summed E-state index contributed by atoms with van der Waals surface area (Å²) in [5, 5.41) is 27.3. The van der Waals surface area contributed by atoms with Gasteiger partial charge in [-0.15, -0.1) is 0 Å². The van der Waals surface area contributed by atoms with Gasteiger partial charge >= 0.3 is 0 Å². The quantitative estimate of drug-likeness (QED) is 0.467. The van der Waals surface area contributed by atoms with Crippen LogP contribution in [0.5, 0.6) is 0 Å². The highest BCUT2D eigenvalue weighted by atomic mass is 16.3. The van der Waals surface area contributed by atoms with E-state index in [-0.39, 0.29) is 12.5 Å². The molecular weight excluding hydrogens is 132 g/mol. The standard InChI is InChI=1S/C7H14O3/c1-7(10)2-5(4-8)6(9)3-7/h5-6,8-10H,2-4H2,1H3. The number of aliphatic hydroxyl groups excluding tert-OH is 2. The van der Waals surface area contributed by atoms with E-state index in [0.29, 0.717) is 12.8 Å². The fourth-order valence-corrected chi connectivity index (χ4v) is 1.59. The average molecular weight is 146 g/mol. The van der Waals surface area contributed by atoms with Gasteiger partial charge in [-0.2, -0.15) is 0 Å². The second-order valence-corrected chi connectivity index (χ2v) is 3.42. The van der Waals surface area contributed by atoms with Crippen molar-refractivity contribution in [3.05, 3.63) is 0 Å². The Kier molecular flexibility index (Phi) is 1.99. The largest absolute Gasteiger partial charge is 0.396 e. The first-order valence-corrected chi connectivity index (χ1v) is 3.56. The molecule has 3 nitrogen and oxygen atoms in total. The average Bonchev–Trinajstić information content (AvgIpc) is 2.05. The molecule has 3 heteroatoms. The molecule has 0 aromatic rings. The molecule has 3 N–H and O–H groups in total. The second kappa shape index (κ2) is 2.49. The first-order chi connectivity index (χ1) is 4.55. The molecule has 0 radical (unpaired) electrons. The van der Waals surface area contributed by atoms with Crippen LogP contribution in [0, 0.1) is 5.92 Å². The van der Waals surface area contributed by atoms with Gasteiger partial charge in [0.2, 0.25) is 0 Å². The van der Waals surface area contributed by atoms with Gasteiger partial charge in [-0.25, -0.2) is 0 Å². The van der Waals surface area contributed by atoms with Gasteiger partial charge in [0.15, 0.2) is 0 Å². The Morgan fingerprint density at radius 2 is 2.10 bits per heavy atom. The Labute approximate surface area is 60.3 Å². The predicted octanol–water partition coefficient (Wildman–Crippen LogP) is -0.499. The van der Waals surface area contributed by atoms with Crippen LogP contribution < -0.4 is 0 Å². The van der Waals surface area contributed by atoms with Gasteiger partial charge in [-0.3, -0.25) is 0 Å². The minimum absolute atomic E-state index is 0.0304. The van der Waals surface area contributed by atoms with Crippen LogP contribution >= 0.6 is 0 Å². The smallest absolute Gasteiger partial charge is 0.0649 e. The van der Waals surface area contributed by atoms with Crippen LogP contribution in [0.2, 0.25) is 0 Å². The fourth-order valence-electron chi connectivity index (χ4n) is 1.59. The SMILES string of the molecule is CC1(O)CC(O)C(CO)C1. The van der Waals surface area contributed by atoms with Crippen LogP contribution in [0.25, 0.3) is 0 Å². The highest BCUT2D eigenvalue weighted by Gasteiger charge is 2.39. The van der Waals surface area contributed by atoms with E-state index in [4.69, 9.17) is 5.11 Å². The number of hydrogen-bond acceptors (Lipinski definition) is 3. The predicted molar refractivity (Wildman–Crippen MR) is 36.4 cm³/mol. The summed E-state index contributed by atoms with van der Waals surface area (Å²) < 4.78 is 0. The van der Waals surface area contributed by atoms with E-state index >= 15 is 0 Å². The van der Waals surface area contributed by atoms with E-state index in [9.17, 15) is 10.2 Å². The summed E-state index contributed by atoms with van der Waals surface area (Å²) in [5.74, 6) is -0.130. The molecule has 0 aromatic heterocycles. The lowest BCUT2D eigenvalue weighted by Gasteiger charge is -2.13. The third-order valence-corrected chi connectivity index (χ3v) is 2.13. The van der Waals surface area contributed by atoms with Gasteiger partial charge in [-0.1, -0.05) is 0 Å². The molecule has 0 aromatic carbocycles. The van der Waals surface area contributed by atoms with Gasteiger partial charge in [-0.05, 0) is 13.3 Å². The summed E-state index contributed by atoms with van der Waals surface area (Å²) in [7, 11) is 0. The summed E-state index contributed by atoms with van der Waals surface area (Å²) in [4.78, 5) is 0. The number of aliphatic hydroxyl groups is 3. The van der Waals surface area contributed by atoms with Gasteiger partial charge in [0, 0.05) is 18.9 Å². The zero-order chi connectivity index (χ0) is 7.78. The lowest BCUT2D eigenvalue weighted by molar-refractivity contribution is 0.0505. The molecule has 1 fully saturated rings. The van der Waals surface area contributed by atoms with Gasteiger partial charge in [0.05, 0.1) is 11.7 Å². The van der Waals surface area contributed by atoms with Crippen LogP contribution in [0.4, 0.5) is 0 Å². The molecule has 1 saturated carbocycles. The summed E-state index contributed by atoms with van der Waals surface area (Å²) in [6.45, 7) is 1.66. The lowest BCUT2D eigenvalue weighted by atomic mass is 10.0. The fraction of sp³-hybridized carbons (Fsp3) is 1.00. The zero-order valence-corrected chi connectivity index (χ0v) is 6.12. The van der Waals surface area contributed by atoms with E-state index in [2.05, 4.69) is 0 Å². The monoisotopic (exact) mass is 146 g/mol. The Morgan fingerprint density at radius 1 is 1.50 bits per heavy atom. The van der Waals surface area contributed by atoms with Crippen LogP contribution in [-0.4, -0.2) is 33.6 Å². The minimum Gasteiger partial charge on any atom is -0.396 e. The van der Waals surface area contributed by atoms with Crippen molar-refractivity contribution in [1.29, 1.82) is 0 Å². The molecule has 10 heavy (non-hydrogen) atoms. The highest BCUT2D eigenvalue weighted by molar-refractivity contribution is 4.91. The highest BCUT2D eigenvalue weighted by Crippen LogP contribution is 2.33. The van der Waals surface area contributed by atoms with Crippen molar-refractivity contribution < 1.29 is 15.3 Å². The third kappa shape index (κ3) is 1.48. The Balaban J connectivity index is 2.52. The summed E-state index contributed by atoms with van der Waals surface area (Å²) in [5.41, 5.74) is -0.771.